The van der Waals surface area contributed by atoms with Crippen molar-refractivity contribution in [2.75, 3.05) is 18.0 Å². The van der Waals surface area contributed by atoms with Crippen LogP contribution in [0.4, 0.5) is 5.69 Å². The Hall–Kier alpha value is -3.56. The van der Waals surface area contributed by atoms with E-state index in [0.29, 0.717) is 22.0 Å². The number of hydrogen-bond acceptors (Lipinski definition) is 5. The second-order valence-corrected chi connectivity index (χ2v) is 12.8. The van der Waals surface area contributed by atoms with Crippen LogP contribution >= 0.6 is 11.6 Å². The molecule has 10 heteroatoms. The van der Waals surface area contributed by atoms with Gasteiger partial charge in [0.15, 0.2) is 0 Å². The SMILES string of the molecule is COc1ccc(S(=O)(=O)N(CC(=O)N(Cc2ccccc2Cl)[C@H](C)C(=O)NC(C)(C)C)c2ccc(C)cc2)cc1. The molecule has 1 N–H and O–H groups in total. The molecule has 0 aliphatic rings. The topological polar surface area (TPSA) is 96.0 Å². The van der Waals surface area contributed by atoms with Crippen molar-refractivity contribution in [1.29, 1.82) is 0 Å². The molecule has 0 saturated heterocycles. The highest BCUT2D eigenvalue weighted by atomic mass is 35.5. The maximum atomic E-state index is 14.0. The molecule has 3 rings (SSSR count). The Morgan fingerprint density at radius 2 is 1.57 bits per heavy atom. The first kappa shape index (κ1) is 31.0. The van der Waals surface area contributed by atoms with Crippen molar-refractivity contribution in [3.63, 3.8) is 0 Å². The number of carbonyl (C=O) groups is 2. The third-order valence-corrected chi connectivity index (χ3v) is 8.37. The number of sulfonamides is 1. The van der Waals surface area contributed by atoms with Crippen LogP contribution in [0.1, 0.15) is 38.8 Å². The summed E-state index contributed by atoms with van der Waals surface area (Å²) < 4.78 is 34.0. The van der Waals surface area contributed by atoms with Gasteiger partial charge in [0.1, 0.15) is 18.3 Å². The van der Waals surface area contributed by atoms with Gasteiger partial charge < -0.3 is 15.0 Å². The number of anilines is 1. The Morgan fingerprint density at radius 3 is 2.12 bits per heavy atom. The molecule has 0 unspecified atom stereocenters. The van der Waals surface area contributed by atoms with Crippen molar-refractivity contribution in [1.82, 2.24) is 10.2 Å². The van der Waals surface area contributed by atoms with Gasteiger partial charge in [-0.05, 0) is 82.6 Å². The van der Waals surface area contributed by atoms with E-state index in [4.69, 9.17) is 16.3 Å². The molecule has 8 nitrogen and oxygen atoms in total. The van der Waals surface area contributed by atoms with Crippen LogP contribution in [0.15, 0.2) is 77.7 Å². The van der Waals surface area contributed by atoms with Gasteiger partial charge in [0.05, 0.1) is 17.7 Å². The number of amides is 2. The van der Waals surface area contributed by atoms with Crippen LogP contribution in [-0.2, 0) is 26.2 Å². The fourth-order valence-corrected chi connectivity index (χ4v) is 5.59. The van der Waals surface area contributed by atoms with E-state index in [1.54, 1.807) is 67.6 Å². The first-order valence-electron chi connectivity index (χ1n) is 12.8. The number of nitrogens with zero attached hydrogens (tertiary/aromatic N) is 2. The molecule has 3 aromatic carbocycles. The van der Waals surface area contributed by atoms with Crippen molar-refractivity contribution >= 4 is 39.1 Å². The summed E-state index contributed by atoms with van der Waals surface area (Å²) in [5, 5.41) is 3.34. The highest BCUT2D eigenvalue weighted by Crippen LogP contribution is 2.27. The summed E-state index contributed by atoms with van der Waals surface area (Å²) in [6.45, 7) is 8.52. The third-order valence-electron chi connectivity index (χ3n) is 6.21. The normalized spacial score (nSPS) is 12.4. The molecule has 0 radical (unpaired) electrons. The van der Waals surface area contributed by atoms with E-state index in [2.05, 4.69) is 5.32 Å². The second kappa shape index (κ2) is 12.7. The number of carbonyl (C=O) groups excluding carboxylic acids is 2. The molecule has 2 amide bonds. The molecule has 3 aromatic rings. The van der Waals surface area contributed by atoms with E-state index in [1.165, 1.54) is 24.1 Å². The Kier molecular flexibility index (Phi) is 9.87. The third kappa shape index (κ3) is 7.76. The summed E-state index contributed by atoms with van der Waals surface area (Å²) >= 11 is 6.40. The molecule has 0 spiro atoms. The first-order valence-corrected chi connectivity index (χ1v) is 14.6. The summed E-state index contributed by atoms with van der Waals surface area (Å²) in [4.78, 5) is 28.5. The maximum Gasteiger partial charge on any atom is 0.264 e. The number of halogens is 1. The quantitative estimate of drug-likeness (QED) is 0.353. The molecule has 0 saturated carbocycles. The van der Waals surface area contributed by atoms with E-state index in [-0.39, 0.29) is 17.3 Å². The number of methoxy groups -OCH3 is 1. The van der Waals surface area contributed by atoms with Crippen molar-refractivity contribution in [3.05, 3.63) is 88.9 Å². The van der Waals surface area contributed by atoms with E-state index in [1.807, 2.05) is 27.7 Å². The van der Waals surface area contributed by atoms with Crippen molar-refractivity contribution in [2.24, 2.45) is 0 Å². The van der Waals surface area contributed by atoms with Crippen LogP contribution in [0.3, 0.4) is 0 Å². The number of rotatable bonds is 10. The second-order valence-electron chi connectivity index (χ2n) is 10.6. The number of ether oxygens (including phenoxy) is 1. The van der Waals surface area contributed by atoms with E-state index in [0.717, 1.165) is 9.87 Å². The number of hydrogen-bond donors (Lipinski definition) is 1. The molecule has 0 heterocycles. The summed E-state index contributed by atoms with van der Waals surface area (Å²) in [7, 11) is -2.68. The van der Waals surface area contributed by atoms with Gasteiger partial charge in [0.25, 0.3) is 10.0 Å². The fourth-order valence-electron chi connectivity index (χ4n) is 3.98. The molecule has 1 atom stereocenters. The van der Waals surface area contributed by atoms with Gasteiger partial charge >= 0.3 is 0 Å². The van der Waals surface area contributed by atoms with Crippen LogP contribution in [0.25, 0.3) is 0 Å². The Labute approximate surface area is 241 Å². The molecule has 40 heavy (non-hydrogen) atoms. The molecule has 0 aromatic heterocycles. The fraction of sp³-hybridized carbons (Fsp3) is 0.333. The zero-order valence-corrected chi connectivity index (χ0v) is 25.2. The van der Waals surface area contributed by atoms with Crippen molar-refractivity contribution < 1.29 is 22.7 Å². The predicted octanol–water partition coefficient (Wildman–Crippen LogP) is 5.18. The molecule has 214 valence electrons. The predicted molar refractivity (Wildman–Crippen MR) is 158 cm³/mol. The molecule has 0 aliphatic carbocycles. The maximum absolute atomic E-state index is 14.0. The summed E-state index contributed by atoms with van der Waals surface area (Å²) in [6.07, 6.45) is 0. The van der Waals surface area contributed by atoms with Crippen LogP contribution in [0.5, 0.6) is 5.75 Å². The Balaban J connectivity index is 2.04. The zero-order chi connectivity index (χ0) is 29.7. The smallest absolute Gasteiger partial charge is 0.264 e. The van der Waals surface area contributed by atoms with Crippen LogP contribution in [-0.4, -0.2) is 50.4 Å². The van der Waals surface area contributed by atoms with Gasteiger partial charge in [-0.1, -0.05) is 47.5 Å². The number of aryl methyl sites for hydroxylation is 1. The highest BCUT2D eigenvalue weighted by Gasteiger charge is 2.33. The minimum Gasteiger partial charge on any atom is -0.497 e. The average Bonchev–Trinajstić information content (AvgIpc) is 2.90. The Bertz CT molecular complexity index is 1440. The lowest BCUT2D eigenvalue weighted by Crippen LogP contribution is -2.54. The summed E-state index contributed by atoms with van der Waals surface area (Å²) in [5.74, 6) is -0.427. The van der Waals surface area contributed by atoms with Gasteiger partial charge in [0, 0.05) is 17.1 Å². The largest absolute Gasteiger partial charge is 0.497 e. The van der Waals surface area contributed by atoms with Gasteiger partial charge in [-0.15, -0.1) is 0 Å². The van der Waals surface area contributed by atoms with Crippen molar-refractivity contribution in [2.45, 2.75) is 57.6 Å². The molecular weight excluding hydrogens is 550 g/mol. The van der Waals surface area contributed by atoms with Crippen LogP contribution in [0, 0.1) is 6.92 Å². The number of nitrogens with one attached hydrogen (secondary N) is 1. The summed E-state index contributed by atoms with van der Waals surface area (Å²) in [5.41, 5.74) is 1.35. The zero-order valence-electron chi connectivity index (χ0n) is 23.6. The molecular formula is C30H36ClN3O5S. The minimum absolute atomic E-state index is 0.00199. The van der Waals surface area contributed by atoms with E-state index in [9.17, 15) is 18.0 Å². The van der Waals surface area contributed by atoms with Gasteiger partial charge in [-0.3, -0.25) is 13.9 Å². The standard InChI is InChI=1S/C30H36ClN3O5S/c1-21-11-13-24(14-12-21)34(40(37,38)26-17-15-25(39-6)16-18-26)20-28(35)33(19-23-9-7-8-10-27(23)31)22(2)29(36)32-30(3,4)5/h7-18,22H,19-20H2,1-6H3,(H,32,36)/t22-/m1/s1. The molecule has 0 bridgehead atoms. The molecule has 0 aliphatic heterocycles. The van der Waals surface area contributed by atoms with Gasteiger partial charge in [-0.2, -0.15) is 0 Å². The van der Waals surface area contributed by atoms with Crippen molar-refractivity contribution in [3.8, 4) is 5.75 Å². The van der Waals surface area contributed by atoms with E-state index >= 15 is 0 Å². The molecule has 0 fully saturated rings. The highest BCUT2D eigenvalue weighted by molar-refractivity contribution is 7.92. The first-order chi connectivity index (χ1) is 18.7. The lowest BCUT2D eigenvalue weighted by atomic mass is 10.1. The monoisotopic (exact) mass is 585 g/mol. The van der Waals surface area contributed by atoms with Crippen LogP contribution in [0.2, 0.25) is 5.02 Å². The Morgan fingerprint density at radius 1 is 0.975 bits per heavy atom. The minimum atomic E-state index is -4.17. The average molecular weight is 586 g/mol. The van der Waals surface area contributed by atoms with Gasteiger partial charge in [-0.25, -0.2) is 8.42 Å². The lowest BCUT2D eigenvalue weighted by molar-refractivity contribution is -0.140. The number of benzene rings is 3. The summed E-state index contributed by atoms with van der Waals surface area (Å²) in [6, 6.07) is 18.9. The van der Waals surface area contributed by atoms with Gasteiger partial charge in [0.2, 0.25) is 11.8 Å². The lowest BCUT2D eigenvalue weighted by Gasteiger charge is -2.33. The van der Waals surface area contributed by atoms with Crippen LogP contribution < -0.4 is 14.4 Å². The van der Waals surface area contributed by atoms with E-state index < -0.39 is 34.1 Å².